The number of likely N-dealkylation sites (N-methyl/N-ethyl adjacent to an activating group) is 1. The first-order valence-corrected chi connectivity index (χ1v) is 6.57. The summed E-state index contributed by atoms with van der Waals surface area (Å²) < 4.78 is 0.596. The molecule has 7 heteroatoms. The van der Waals surface area contributed by atoms with Crippen LogP contribution in [0.3, 0.4) is 0 Å². The Morgan fingerprint density at radius 3 is 2.63 bits per heavy atom. The molecule has 0 saturated carbocycles. The van der Waals surface area contributed by atoms with Crippen LogP contribution in [0.15, 0.2) is 22.7 Å². The summed E-state index contributed by atoms with van der Waals surface area (Å²) in [6.07, 6.45) is 0. The van der Waals surface area contributed by atoms with Gasteiger partial charge < -0.3 is 10.6 Å². The van der Waals surface area contributed by atoms with Crippen LogP contribution in [-0.4, -0.2) is 22.9 Å². The van der Waals surface area contributed by atoms with Gasteiger partial charge in [0.15, 0.2) is 0 Å². The van der Waals surface area contributed by atoms with Gasteiger partial charge in [-0.25, -0.2) is 0 Å². The fourth-order valence-corrected chi connectivity index (χ4v) is 1.87. The van der Waals surface area contributed by atoms with Crippen molar-refractivity contribution >= 4 is 33.2 Å². The number of carbonyl (C=O) groups excluding carboxylic acids is 1. The molecule has 0 aliphatic carbocycles. The van der Waals surface area contributed by atoms with Gasteiger partial charge in [-0.3, -0.25) is 14.9 Å². The van der Waals surface area contributed by atoms with Crippen LogP contribution in [-0.2, 0) is 4.79 Å². The smallest absolute Gasteiger partial charge is 0.271 e. The molecule has 0 aliphatic heterocycles. The minimum absolute atomic E-state index is 0.0697. The largest absolute Gasteiger partial charge is 0.323 e. The summed E-state index contributed by atoms with van der Waals surface area (Å²) in [6, 6.07) is 4.23. The normalized spacial score (nSPS) is 11.2. The summed E-state index contributed by atoms with van der Waals surface area (Å²) in [4.78, 5) is 22.3. The number of hydrogen-bond acceptors (Lipinski definition) is 4. The summed E-state index contributed by atoms with van der Waals surface area (Å²) in [7, 11) is 0. The molecule has 1 aromatic rings. The van der Waals surface area contributed by atoms with E-state index in [9.17, 15) is 14.9 Å². The third-order valence-corrected chi connectivity index (χ3v) is 3.29. The van der Waals surface area contributed by atoms with Gasteiger partial charge in [0.2, 0.25) is 5.91 Å². The fraction of sp³-hybridized carbons (Fsp3) is 0.417. The van der Waals surface area contributed by atoms with Gasteiger partial charge in [0.25, 0.3) is 5.69 Å². The van der Waals surface area contributed by atoms with Gasteiger partial charge in [0.1, 0.15) is 0 Å². The molecule has 0 heterocycles. The Labute approximate surface area is 119 Å². The Bertz CT molecular complexity index is 503. The van der Waals surface area contributed by atoms with Crippen molar-refractivity contribution in [3.05, 3.63) is 32.8 Å². The van der Waals surface area contributed by atoms with E-state index >= 15 is 0 Å². The average Bonchev–Trinajstić information content (AvgIpc) is 2.31. The third-order valence-electron chi connectivity index (χ3n) is 2.60. The van der Waals surface area contributed by atoms with Crippen molar-refractivity contribution in [3.8, 4) is 0 Å². The van der Waals surface area contributed by atoms with Crippen molar-refractivity contribution in [1.82, 2.24) is 5.32 Å². The Kier molecular flexibility index (Phi) is 5.02. The van der Waals surface area contributed by atoms with Crippen LogP contribution in [0.5, 0.6) is 0 Å². The Balaban J connectivity index is 2.96. The number of nitro groups is 1. The molecule has 0 radical (unpaired) electrons. The molecule has 104 valence electrons. The average molecular weight is 330 g/mol. The predicted molar refractivity (Wildman–Crippen MR) is 77.2 cm³/mol. The molecule has 1 rings (SSSR count). The van der Waals surface area contributed by atoms with Crippen molar-refractivity contribution in [1.29, 1.82) is 0 Å². The van der Waals surface area contributed by atoms with E-state index in [-0.39, 0.29) is 11.6 Å². The molecule has 1 amide bonds. The molecule has 2 N–H and O–H groups in total. The molecule has 6 nitrogen and oxygen atoms in total. The molecule has 0 saturated heterocycles. The highest BCUT2D eigenvalue weighted by Gasteiger charge is 2.27. The number of anilines is 1. The van der Waals surface area contributed by atoms with Gasteiger partial charge in [-0.2, -0.15) is 0 Å². The first-order chi connectivity index (χ1) is 8.77. The summed E-state index contributed by atoms with van der Waals surface area (Å²) >= 11 is 3.26. The minimum Gasteiger partial charge on any atom is -0.323 e. The van der Waals surface area contributed by atoms with E-state index in [1.807, 2.05) is 6.92 Å². The van der Waals surface area contributed by atoms with E-state index in [1.165, 1.54) is 18.2 Å². The van der Waals surface area contributed by atoms with E-state index in [4.69, 9.17) is 0 Å². The molecule has 0 bridgehead atoms. The quantitative estimate of drug-likeness (QED) is 0.642. The zero-order chi connectivity index (χ0) is 14.6. The number of carbonyl (C=O) groups is 1. The SMILES string of the molecule is CCNC(C)(C)C(=O)Nc1cc([N+](=O)[O-])ccc1Br. The number of nitrogens with one attached hydrogen (secondary N) is 2. The van der Waals surface area contributed by atoms with E-state index in [2.05, 4.69) is 26.6 Å². The monoisotopic (exact) mass is 329 g/mol. The second-order valence-electron chi connectivity index (χ2n) is 4.53. The van der Waals surface area contributed by atoms with Crippen LogP contribution in [0, 0.1) is 10.1 Å². The highest BCUT2D eigenvalue weighted by Crippen LogP contribution is 2.27. The van der Waals surface area contributed by atoms with Gasteiger partial charge in [-0.1, -0.05) is 6.92 Å². The van der Waals surface area contributed by atoms with Crippen molar-refractivity contribution < 1.29 is 9.72 Å². The Morgan fingerprint density at radius 1 is 1.47 bits per heavy atom. The first kappa shape index (κ1) is 15.6. The van der Waals surface area contributed by atoms with Crippen LogP contribution >= 0.6 is 15.9 Å². The standard InChI is InChI=1S/C12H16BrN3O3/c1-4-14-12(2,3)11(17)15-10-7-8(16(18)19)5-6-9(10)13/h5-7,14H,4H2,1-3H3,(H,15,17). The van der Waals surface area contributed by atoms with Gasteiger partial charge in [0, 0.05) is 16.6 Å². The zero-order valence-electron chi connectivity index (χ0n) is 11.0. The topological polar surface area (TPSA) is 84.3 Å². The highest BCUT2D eigenvalue weighted by atomic mass is 79.9. The van der Waals surface area contributed by atoms with Crippen LogP contribution < -0.4 is 10.6 Å². The van der Waals surface area contributed by atoms with Crippen LogP contribution in [0.4, 0.5) is 11.4 Å². The highest BCUT2D eigenvalue weighted by molar-refractivity contribution is 9.10. The molecule has 0 atom stereocenters. The third kappa shape index (κ3) is 4.00. The lowest BCUT2D eigenvalue weighted by Gasteiger charge is -2.24. The number of benzene rings is 1. The molecule has 0 unspecified atom stereocenters. The van der Waals surface area contributed by atoms with E-state index < -0.39 is 10.5 Å². The number of nitro benzene ring substituents is 1. The molecule has 0 aromatic heterocycles. The van der Waals surface area contributed by atoms with E-state index in [1.54, 1.807) is 13.8 Å². The number of hydrogen-bond donors (Lipinski definition) is 2. The summed E-state index contributed by atoms with van der Waals surface area (Å²) in [5, 5.41) is 16.4. The molecule has 0 fully saturated rings. The maximum absolute atomic E-state index is 12.1. The minimum atomic E-state index is -0.751. The molecule has 19 heavy (non-hydrogen) atoms. The second-order valence-corrected chi connectivity index (χ2v) is 5.39. The van der Waals surface area contributed by atoms with Crippen LogP contribution in [0.1, 0.15) is 20.8 Å². The molecule has 1 aromatic carbocycles. The predicted octanol–water partition coefficient (Wildman–Crippen LogP) is 2.68. The van der Waals surface area contributed by atoms with E-state index in [0.29, 0.717) is 16.7 Å². The van der Waals surface area contributed by atoms with Crippen molar-refractivity contribution in [2.45, 2.75) is 26.3 Å². The number of nitrogens with zero attached hydrogens (tertiary/aromatic N) is 1. The Morgan fingerprint density at radius 2 is 2.11 bits per heavy atom. The molecule has 0 spiro atoms. The number of halogens is 1. The fourth-order valence-electron chi connectivity index (χ4n) is 1.52. The lowest BCUT2D eigenvalue weighted by molar-refractivity contribution is -0.384. The van der Waals surface area contributed by atoms with Crippen molar-refractivity contribution in [2.75, 3.05) is 11.9 Å². The lowest BCUT2D eigenvalue weighted by Crippen LogP contribution is -2.49. The van der Waals surface area contributed by atoms with Crippen molar-refractivity contribution in [3.63, 3.8) is 0 Å². The molecule has 0 aliphatic rings. The first-order valence-electron chi connectivity index (χ1n) is 5.78. The van der Waals surface area contributed by atoms with Gasteiger partial charge >= 0.3 is 0 Å². The lowest BCUT2D eigenvalue weighted by atomic mass is 10.0. The maximum atomic E-state index is 12.1. The number of non-ortho nitro benzene ring substituents is 1. The summed E-state index contributed by atoms with van der Waals surface area (Å²) in [5.41, 5.74) is -0.441. The maximum Gasteiger partial charge on any atom is 0.271 e. The zero-order valence-corrected chi connectivity index (χ0v) is 12.6. The van der Waals surface area contributed by atoms with E-state index in [0.717, 1.165) is 0 Å². The van der Waals surface area contributed by atoms with Crippen LogP contribution in [0.2, 0.25) is 0 Å². The summed E-state index contributed by atoms with van der Waals surface area (Å²) in [5.74, 6) is -0.254. The number of rotatable bonds is 5. The summed E-state index contributed by atoms with van der Waals surface area (Å²) in [6.45, 7) is 6.04. The Hall–Kier alpha value is -1.47. The molecular weight excluding hydrogens is 314 g/mol. The number of amides is 1. The second kappa shape index (κ2) is 6.12. The van der Waals surface area contributed by atoms with Crippen molar-refractivity contribution in [2.24, 2.45) is 0 Å². The van der Waals surface area contributed by atoms with Gasteiger partial charge in [0.05, 0.1) is 16.1 Å². The van der Waals surface area contributed by atoms with Gasteiger partial charge in [-0.15, -0.1) is 0 Å². The van der Waals surface area contributed by atoms with Crippen LogP contribution in [0.25, 0.3) is 0 Å². The van der Waals surface area contributed by atoms with Gasteiger partial charge in [-0.05, 0) is 42.4 Å². The molecular formula is C12H16BrN3O3.